The minimum atomic E-state index is -0.326. The van der Waals surface area contributed by atoms with Crippen molar-refractivity contribution in [2.45, 2.75) is 38.9 Å². The molecule has 0 saturated heterocycles. The van der Waals surface area contributed by atoms with Crippen molar-refractivity contribution >= 4 is 11.9 Å². The van der Waals surface area contributed by atoms with Crippen LogP contribution in [0.2, 0.25) is 0 Å². The second-order valence-corrected chi connectivity index (χ2v) is 6.76. The highest BCUT2D eigenvalue weighted by Gasteiger charge is 2.32. The number of urea groups is 1. The van der Waals surface area contributed by atoms with E-state index in [1.807, 2.05) is 42.2 Å². The van der Waals surface area contributed by atoms with Gasteiger partial charge in [-0.25, -0.2) is 4.79 Å². The Morgan fingerprint density at radius 1 is 0.962 bits per heavy atom. The predicted molar refractivity (Wildman–Crippen MR) is 101 cm³/mol. The smallest absolute Gasteiger partial charge is 0.315 e. The normalized spacial score (nSPS) is 13.1. The fourth-order valence-electron chi connectivity index (χ4n) is 2.80. The van der Waals surface area contributed by atoms with Crippen molar-refractivity contribution in [1.29, 1.82) is 0 Å². The molecule has 2 aromatic carbocycles. The van der Waals surface area contributed by atoms with Crippen molar-refractivity contribution < 1.29 is 9.59 Å². The lowest BCUT2D eigenvalue weighted by Gasteiger charge is -2.23. The van der Waals surface area contributed by atoms with Crippen LogP contribution in [0.25, 0.3) is 0 Å². The van der Waals surface area contributed by atoms with Crippen molar-refractivity contribution in [2.24, 2.45) is 0 Å². The highest BCUT2D eigenvalue weighted by molar-refractivity contribution is 5.84. The maximum atomic E-state index is 12.6. The average Bonchev–Trinajstić information content (AvgIpc) is 3.50. The molecule has 0 heterocycles. The maximum Gasteiger partial charge on any atom is 0.315 e. The first-order chi connectivity index (χ1) is 12.6. The van der Waals surface area contributed by atoms with Gasteiger partial charge in [-0.15, -0.1) is 0 Å². The van der Waals surface area contributed by atoms with Crippen LogP contribution in [0.3, 0.4) is 0 Å². The molecule has 3 amide bonds. The molecule has 0 atom stereocenters. The van der Waals surface area contributed by atoms with Crippen molar-refractivity contribution in [2.75, 3.05) is 6.54 Å². The summed E-state index contributed by atoms with van der Waals surface area (Å²) in [5.41, 5.74) is 3.34. The molecule has 5 nitrogen and oxygen atoms in total. The first-order valence-corrected chi connectivity index (χ1v) is 9.02. The highest BCUT2D eigenvalue weighted by atomic mass is 16.2. The first kappa shape index (κ1) is 18.0. The molecule has 136 valence electrons. The fraction of sp³-hybridized carbons (Fsp3) is 0.333. The van der Waals surface area contributed by atoms with E-state index < -0.39 is 0 Å². The number of carbonyl (C=O) groups is 2. The minimum Gasteiger partial charge on any atom is -0.334 e. The molecule has 0 aromatic heterocycles. The van der Waals surface area contributed by atoms with Gasteiger partial charge in [-0.1, -0.05) is 60.2 Å². The summed E-state index contributed by atoms with van der Waals surface area (Å²) in [4.78, 5) is 26.4. The van der Waals surface area contributed by atoms with Crippen LogP contribution in [-0.2, 0) is 17.9 Å². The van der Waals surface area contributed by atoms with E-state index in [0.717, 1.165) is 24.0 Å². The van der Waals surface area contributed by atoms with Crippen LogP contribution in [0.15, 0.2) is 54.6 Å². The van der Waals surface area contributed by atoms with Crippen LogP contribution in [0, 0.1) is 6.92 Å². The molecule has 1 aliphatic carbocycles. The Morgan fingerprint density at radius 2 is 1.65 bits per heavy atom. The van der Waals surface area contributed by atoms with Gasteiger partial charge in [0, 0.05) is 19.1 Å². The molecule has 3 rings (SSSR count). The van der Waals surface area contributed by atoms with Crippen LogP contribution in [-0.4, -0.2) is 29.4 Å². The number of rotatable bonds is 7. The summed E-state index contributed by atoms with van der Waals surface area (Å²) < 4.78 is 0. The lowest BCUT2D eigenvalue weighted by Crippen LogP contribution is -2.44. The van der Waals surface area contributed by atoms with Crippen LogP contribution < -0.4 is 10.6 Å². The van der Waals surface area contributed by atoms with E-state index >= 15 is 0 Å². The van der Waals surface area contributed by atoms with E-state index in [2.05, 4.69) is 34.9 Å². The number of aryl methyl sites for hydroxylation is 1. The van der Waals surface area contributed by atoms with Gasteiger partial charge in [-0.3, -0.25) is 4.79 Å². The Morgan fingerprint density at radius 3 is 2.31 bits per heavy atom. The van der Waals surface area contributed by atoms with Gasteiger partial charge in [0.2, 0.25) is 5.91 Å². The number of carbonyl (C=O) groups excluding carboxylic acids is 2. The summed E-state index contributed by atoms with van der Waals surface area (Å²) in [7, 11) is 0. The standard InChI is InChI=1S/C21H25N3O2/c1-16-7-9-18(10-8-16)15-24(19-11-12-19)20(25)14-23-21(26)22-13-17-5-3-2-4-6-17/h2-10,19H,11-15H2,1H3,(H2,22,23,26). The molecule has 1 aliphatic rings. The number of benzene rings is 2. The van der Waals surface area contributed by atoms with Gasteiger partial charge >= 0.3 is 6.03 Å². The molecule has 26 heavy (non-hydrogen) atoms. The third-order valence-corrected chi connectivity index (χ3v) is 4.48. The summed E-state index contributed by atoms with van der Waals surface area (Å²) in [5, 5.41) is 5.44. The Bertz CT molecular complexity index is 740. The SMILES string of the molecule is Cc1ccc(CN(C(=O)CNC(=O)NCc2ccccc2)C2CC2)cc1. The molecule has 0 spiro atoms. The van der Waals surface area contributed by atoms with Gasteiger partial charge < -0.3 is 15.5 Å². The number of nitrogens with zero attached hydrogens (tertiary/aromatic N) is 1. The Balaban J connectivity index is 1.47. The van der Waals surface area contributed by atoms with E-state index in [4.69, 9.17) is 0 Å². The largest absolute Gasteiger partial charge is 0.334 e. The lowest BCUT2D eigenvalue weighted by molar-refractivity contribution is -0.131. The monoisotopic (exact) mass is 351 g/mol. The Kier molecular flexibility index (Phi) is 5.89. The molecule has 5 heteroatoms. The van der Waals surface area contributed by atoms with Gasteiger partial charge in [0.05, 0.1) is 6.54 Å². The molecule has 0 bridgehead atoms. The number of amides is 3. The van der Waals surface area contributed by atoms with Gasteiger partial charge in [0.1, 0.15) is 0 Å². The molecular weight excluding hydrogens is 326 g/mol. The topological polar surface area (TPSA) is 61.4 Å². The zero-order valence-electron chi connectivity index (χ0n) is 15.1. The number of nitrogens with one attached hydrogen (secondary N) is 2. The number of hydrogen-bond donors (Lipinski definition) is 2. The zero-order chi connectivity index (χ0) is 18.4. The Labute approximate surface area is 154 Å². The second kappa shape index (κ2) is 8.52. The quantitative estimate of drug-likeness (QED) is 0.806. The fourth-order valence-corrected chi connectivity index (χ4v) is 2.80. The molecule has 2 aromatic rings. The summed E-state index contributed by atoms with van der Waals surface area (Å²) >= 11 is 0. The third kappa shape index (κ3) is 5.34. The Hall–Kier alpha value is -2.82. The molecule has 0 radical (unpaired) electrons. The van der Waals surface area contributed by atoms with E-state index in [0.29, 0.717) is 19.1 Å². The zero-order valence-corrected chi connectivity index (χ0v) is 15.1. The lowest BCUT2D eigenvalue weighted by atomic mass is 10.1. The summed E-state index contributed by atoms with van der Waals surface area (Å²) in [6.45, 7) is 3.10. The van der Waals surface area contributed by atoms with Crippen LogP contribution in [0.4, 0.5) is 4.79 Å². The van der Waals surface area contributed by atoms with E-state index in [-0.39, 0.29) is 18.5 Å². The van der Waals surface area contributed by atoms with Crippen LogP contribution >= 0.6 is 0 Å². The number of hydrogen-bond acceptors (Lipinski definition) is 2. The maximum absolute atomic E-state index is 12.6. The van der Waals surface area contributed by atoms with Gasteiger partial charge in [0.15, 0.2) is 0 Å². The molecular formula is C21H25N3O2. The highest BCUT2D eigenvalue weighted by Crippen LogP contribution is 2.28. The van der Waals surface area contributed by atoms with E-state index in [1.54, 1.807) is 0 Å². The average molecular weight is 351 g/mol. The van der Waals surface area contributed by atoms with Gasteiger partial charge in [-0.05, 0) is 30.9 Å². The molecule has 2 N–H and O–H groups in total. The predicted octanol–water partition coefficient (Wildman–Crippen LogP) is 2.99. The third-order valence-electron chi connectivity index (χ3n) is 4.48. The summed E-state index contributed by atoms with van der Waals surface area (Å²) in [5.74, 6) is -0.0389. The van der Waals surface area contributed by atoms with Crippen LogP contribution in [0.1, 0.15) is 29.5 Å². The minimum absolute atomic E-state index is 0.0168. The first-order valence-electron chi connectivity index (χ1n) is 9.02. The van der Waals surface area contributed by atoms with Gasteiger partial charge in [0.25, 0.3) is 0 Å². The van der Waals surface area contributed by atoms with Gasteiger partial charge in [-0.2, -0.15) is 0 Å². The molecule has 1 saturated carbocycles. The van der Waals surface area contributed by atoms with Crippen molar-refractivity contribution in [3.8, 4) is 0 Å². The second-order valence-electron chi connectivity index (χ2n) is 6.76. The molecule has 0 aliphatic heterocycles. The van der Waals surface area contributed by atoms with Crippen LogP contribution in [0.5, 0.6) is 0 Å². The molecule has 0 unspecified atom stereocenters. The van der Waals surface area contributed by atoms with Crippen molar-refractivity contribution in [1.82, 2.24) is 15.5 Å². The summed E-state index contributed by atoms with van der Waals surface area (Å²) in [6.07, 6.45) is 2.08. The van der Waals surface area contributed by atoms with Crippen molar-refractivity contribution in [3.05, 3.63) is 71.3 Å². The van der Waals surface area contributed by atoms with E-state index in [9.17, 15) is 9.59 Å². The van der Waals surface area contributed by atoms with E-state index in [1.165, 1.54) is 5.56 Å². The van der Waals surface area contributed by atoms with Crippen molar-refractivity contribution in [3.63, 3.8) is 0 Å². The molecule has 1 fully saturated rings. The summed E-state index contributed by atoms with van der Waals surface area (Å²) in [6, 6.07) is 17.9.